The Kier molecular flexibility index (Phi) is 4.71. The predicted molar refractivity (Wildman–Crippen MR) is 93.6 cm³/mol. The van der Waals surface area contributed by atoms with E-state index in [2.05, 4.69) is 62.0 Å². The van der Waals surface area contributed by atoms with Crippen LogP contribution in [0.1, 0.15) is 51.9 Å². The molecule has 1 fully saturated rings. The van der Waals surface area contributed by atoms with Gasteiger partial charge in [0.05, 0.1) is 0 Å². The van der Waals surface area contributed by atoms with Gasteiger partial charge in [0.1, 0.15) is 17.5 Å². The zero-order chi connectivity index (χ0) is 15.7. The molecule has 0 aromatic carbocycles. The molecule has 2 N–H and O–H groups in total. The Morgan fingerprint density at radius 1 is 1.24 bits per heavy atom. The number of nitrogens with zero attached hydrogens (tertiary/aromatic N) is 2. The van der Waals surface area contributed by atoms with Gasteiger partial charge in [-0.05, 0) is 32.4 Å². The number of thioether (sulfide) groups is 1. The molecule has 21 heavy (non-hydrogen) atoms. The standard InChI is InChI=1S/C16H28N4S/c1-11-12(17-6)19-14(15(2,3)4)20-13(11)18-10-16(5)8-7-9-21-16/h7-10H2,1-6H3,(H2,17,18,19,20). The van der Waals surface area contributed by atoms with Crippen molar-refractivity contribution in [3.63, 3.8) is 0 Å². The Hall–Kier alpha value is -0.970. The first-order valence-corrected chi connectivity index (χ1v) is 8.68. The van der Waals surface area contributed by atoms with Gasteiger partial charge in [0.2, 0.25) is 0 Å². The van der Waals surface area contributed by atoms with Crippen LogP contribution in [0.2, 0.25) is 0 Å². The summed E-state index contributed by atoms with van der Waals surface area (Å²) in [5.74, 6) is 4.04. The van der Waals surface area contributed by atoms with Crippen molar-refractivity contribution in [3.8, 4) is 0 Å². The summed E-state index contributed by atoms with van der Waals surface area (Å²) >= 11 is 2.07. The molecule has 1 aromatic heterocycles. The van der Waals surface area contributed by atoms with Crippen LogP contribution in [0.3, 0.4) is 0 Å². The molecular formula is C16H28N4S. The van der Waals surface area contributed by atoms with Crippen LogP contribution >= 0.6 is 11.8 Å². The molecule has 1 aliphatic rings. The van der Waals surface area contributed by atoms with Crippen molar-refractivity contribution >= 4 is 23.4 Å². The minimum absolute atomic E-state index is 0.0538. The molecule has 1 unspecified atom stereocenters. The Balaban J connectivity index is 2.25. The molecule has 1 saturated heterocycles. The Labute approximate surface area is 132 Å². The van der Waals surface area contributed by atoms with E-state index >= 15 is 0 Å². The molecule has 0 saturated carbocycles. The largest absolute Gasteiger partial charge is 0.373 e. The monoisotopic (exact) mass is 308 g/mol. The molecule has 1 aromatic rings. The van der Waals surface area contributed by atoms with Gasteiger partial charge in [-0.25, -0.2) is 9.97 Å². The molecular weight excluding hydrogens is 280 g/mol. The Bertz CT molecular complexity index is 502. The lowest BCUT2D eigenvalue weighted by molar-refractivity contribution is 0.545. The van der Waals surface area contributed by atoms with Crippen molar-refractivity contribution in [2.45, 2.75) is 57.6 Å². The first-order chi connectivity index (χ1) is 9.75. The van der Waals surface area contributed by atoms with E-state index in [4.69, 9.17) is 4.98 Å². The van der Waals surface area contributed by atoms with Gasteiger partial charge < -0.3 is 10.6 Å². The van der Waals surface area contributed by atoms with Crippen molar-refractivity contribution in [2.75, 3.05) is 30.0 Å². The lowest BCUT2D eigenvalue weighted by Crippen LogP contribution is -2.28. The van der Waals surface area contributed by atoms with E-state index in [1.54, 1.807) is 0 Å². The van der Waals surface area contributed by atoms with Crippen LogP contribution in [0.5, 0.6) is 0 Å². The minimum atomic E-state index is -0.0538. The van der Waals surface area contributed by atoms with Gasteiger partial charge >= 0.3 is 0 Å². The molecule has 2 heterocycles. The van der Waals surface area contributed by atoms with Crippen LogP contribution in [0.4, 0.5) is 11.6 Å². The summed E-state index contributed by atoms with van der Waals surface area (Å²) in [5, 5.41) is 6.76. The maximum Gasteiger partial charge on any atom is 0.138 e. The normalized spacial score (nSPS) is 22.4. The van der Waals surface area contributed by atoms with Crippen LogP contribution < -0.4 is 10.6 Å². The van der Waals surface area contributed by atoms with E-state index in [0.29, 0.717) is 4.75 Å². The Morgan fingerprint density at radius 2 is 1.90 bits per heavy atom. The van der Waals surface area contributed by atoms with Crippen molar-refractivity contribution in [2.24, 2.45) is 0 Å². The maximum absolute atomic E-state index is 4.77. The molecule has 1 aliphatic heterocycles. The fourth-order valence-corrected chi connectivity index (χ4v) is 3.76. The van der Waals surface area contributed by atoms with Gasteiger partial charge in [0, 0.05) is 29.3 Å². The van der Waals surface area contributed by atoms with Gasteiger partial charge in [0.25, 0.3) is 0 Å². The van der Waals surface area contributed by atoms with Gasteiger partial charge in [0.15, 0.2) is 0 Å². The average Bonchev–Trinajstić information content (AvgIpc) is 2.83. The van der Waals surface area contributed by atoms with Crippen LogP contribution in [0.15, 0.2) is 0 Å². The predicted octanol–water partition coefficient (Wildman–Crippen LogP) is 3.82. The third-order valence-electron chi connectivity index (χ3n) is 3.98. The van der Waals surface area contributed by atoms with Crippen molar-refractivity contribution in [3.05, 3.63) is 11.4 Å². The lowest BCUT2D eigenvalue weighted by atomic mass is 9.95. The zero-order valence-corrected chi connectivity index (χ0v) is 14.9. The molecule has 0 amide bonds. The van der Waals surface area contributed by atoms with E-state index < -0.39 is 0 Å². The van der Waals surface area contributed by atoms with Gasteiger partial charge in [-0.1, -0.05) is 20.8 Å². The number of anilines is 2. The van der Waals surface area contributed by atoms with Crippen molar-refractivity contribution < 1.29 is 0 Å². The summed E-state index contributed by atoms with van der Waals surface area (Å²) in [4.78, 5) is 9.43. The first kappa shape index (κ1) is 16.4. The lowest BCUT2D eigenvalue weighted by Gasteiger charge is -2.25. The fourth-order valence-electron chi connectivity index (χ4n) is 2.51. The number of hydrogen-bond donors (Lipinski definition) is 2. The van der Waals surface area contributed by atoms with Crippen LogP contribution in [0, 0.1) is 6.92 Å². The smallest absolute Gasteiger partial charge is 0.138 e. The fraction of sp³-hybridized carbons (Fsp3) is 0.750. The number of nitrogens with one attached hydrogen (secondary N) is 2. The minimum Gasteiger partial charge on any atom is -0.373 e. The van der Waals surface area contributed by atoms with Gasteiger partial charge in [-0.3, -0.25) is 0 Å². The maximum atomic E-state index is 4.77. The quantitative estimate of drug-likeness (QED) is 0.885. The summed E-state index contributed by atoms with van der Waals surface area (Å²) in [5.41, 5.74) is 1.04. The molecule has 0 spiro atoms. The highest BCUT2D eigenvalue weighted by Gasteiger charge is 2.30. The summed E-state index contributed by atoms with van der Waals surface area (Å²) in [6.07, 6.45) is 2.60. The summed E-state index contributed by atoms with van der Waals surface area (Å²) < 4.78 is 0.332. The number of hydrogen-bond acceptors (Lipinski definition) is 5. The second kappa shape index (κ2) is 6.03. The molecule has 1 atom stereocenters. The zero-order valence-electron chi connectivity index (χ0n) is 14.1. The van der Waals surface area contributed by atoms with Crippen molar-refractivity contribution in [1.82, 2.24) is 9.97 Å². The van der Waals surface area contributed by atoms with E-state index in [1.807, 2.05) is 7.05 Å². The van der Waals surface area contributed by atoms with Gasteiger partial charge in [-0.15, -0.1) is 0 Å². The molecule has 4 nitrogen and oxygen atoms in total. The average molecular weight is 308 g/mol. The second-order valence-electron chi connectivity index (χ2n) is 7.12. The van der Waals surface area contributed by atoms with Crippen LogP contribution in [0.25, 0.3) is 0 Å². The SMILES string of the molecule is CNc1nc(C(C)(C)C)nc(NCC2(C)CCCS2)c1C. The third-order valence-corrected chi connectivity index (χ3v) is 5.52. The highest BCUT2D eigenvalue weighted by molar-refractivity contribution is 8.00. The van der Waals surface area contributed by atoms with E-state index in [1.165, 1.54) is 18.6 Å². The van der Waals surface area contributed by atoms with Crippen LogP contribution in [-0.4, -0.2) is 34.1 Å². The summed E-state index contributed by atoms with van der Waals surface area (Å²) in [7, 11) is 1.92. The molecule has 2 rings (SSSR count). The first-order valence-electron chi connectivity index (χ1n) is 7.70. The van der Waals surface area contributed by atoms with E-state index in [-0.39, 0.29) is 5.41 Å². The highest BCUT2D eigenvalue weighted by Crippen LogP contribution is 2.38. The molecule has 0 aliphatic carbocycles. The molecule has 0 bridgehead atoms. The van der Waals surface area contributed by atoms with E-state index in [9.17, 15) is 0 Å². The molecule has 0 radical (unpaired) electrons. The topological polar surface area (TPSA) is 49.8 Å². The number of aromatic nitrogens is 2. The Morgan fingerprint density at radius 3 is 2.43 bits per heavy atom. The summed E-state index contributed by atoms with van der Waals surface area (Å²) in [6.45, 7) is 11.8. The number of rotatable bonds is 4. The third kappa shape index (κ3) is 3.82. The molecule has 5 heteroatoms. The second-order valence-corrected chi connectivity index (χ2v) is 8.81. The van der Waals surface area contributed by atoms with Crippen molar-refractivity contribution in [1.29, 1.82) is 0 Å². The van der Waals surface area contributed by atoms with Gasteiger partial charge in [-0.2, -0.15) is 11.8 Å². The van der Waals surface area contributed by atoms with E-state index in [0.717, 1.165) is 29.6 Å². The highest BCUT2D eigenvalue weighted by atomic mass is 32.2. The van der Waals surface area contributed by atoms with Crippen LogP contribution in [-0.2, 0) is 5.41 Å². The summed E-state index contributed by atoms with van der Waals surface area (Å²) in [6, 6.07) is 0. The molecule has 118 valence electrons.